The van der Waals surface area contributed by atoms with Gasteiger partial charge in [0, 0.05) is 28.3 Å². The first-order valence-electron chi connectivity index (χ1n) is 10.4. The van der Waals surface area contributed by atoms with Gasteiger partial charge in [0.25, 0.3) is 0 Å². The van der Waals surface area contributed by atoms with Crippen LogP contribution in [0, 0.1) is 6.92 Å². The van der Waals surface area contributed by atoms with Crippen LogP contribution in [0.25, 0.3) is 27.7 Å². The molecular weight excluding hydrogens is 374 g/mol. The van der Waals surface area contributed by atoms with Crippen molar-refractivity contribution in [1.82, 2.24) is 14.6 Å². The Bertz CT molecular complexity index is 1330. The van der Waals surface area contributed by atoms with E-state index in [1.54, 1.807) is 0 Å². The first-order valence-corrected chi connectivity index (χ1v) is 10.4. The molecule has 1 aliphatic rings. The maximum Gasteiger partial charge on any atom is 0.307 e. The maximum absolute atomic E-state index is 11.7. The average molecular weight is 399 g/mol. The van der Waals surface area contributed by atoms with Gasteiger partial charge >= 0.3 is 5.97 Å². The zero-order valence-electron chi connectivity index (χ0n) is 17.8. The fourth-order valence-corrected chi connectivity index (χ4v) is 4.61. The van der Waals surface area contributed by atoms with E-state index in [9.17, 15) is 9.90 Å². The molecule has 5 rings (SSSR count). The minimum Gasteiger partial charge on any atom is -0.481 e. The molecule has 0 bridgehead atoms. The molecule has 4 aromatic rings. The molecule has 0 atom stereocenters. The zero-order valence-corrected chi connectivity index (χ0v) is 17.8. The second-order valence-electron chi connectivity index (χ2n) is 9.26. The summed E-state index contributed by atoms with van der Waals surface area (Å²) in [5.74, 6) is -0.866. The van der Waals surface area contributed by atoms with Crippen LogP contribution in [-0.2, 0) is 29.5 Å². The summed E-state index contributed by atoms with van der Waals surface area (Å²) < 4.78 is 1.85. The SMILES string of the molecule is Cc1nc2cc(C(C)(C)C)nn2c(-c2ccc3c4c(cccc24)CC3)c1CC(=O)O. The van der Waals surface area contributed by atoms with Gasteiger partial charge in [0.15, 0.2) is 5.65 Å². The number of hydrogen-bond donors (Lipinski definition) is 1. The van der Waals surface area contributed by atoms with Crippen molar-refractivity contribution in [2.24, 2.45) is 0 Å². The van der Waals surface area contributed by atoms with Crippen LogP contribution in [0.3, 0.4) is 0 Å². The predicted molar refractivity (Wildman–Crippen MR) is 118 cm³/mol. The minimum atomic E-state index is -0.866. The van der Waals surface area contributed by atoms with E-state index in [1.165, 1.54) is 16.5 Å². The number of fused-ring (bicyclic) bond motifs is 1. The molecule has 0 saturated carbocycles. The third-order valence-corrected chi connectivity index (χ3v) is 6.14. The van der Waals surface area contributed by atoms with Gasteiger partial charge in [-0.2, -0.15) is 5.10 Å². The molecule has 5 heteroatoms. The molecule has 1 aliphatic carbocycles. The summed E-state index contributed by atoms with van der Waals surface area (Å²) in [7, 11) is 0. The van der Waals surface area contributed by atoms with Gasteiger partial charge < -0.3 is 5.11 Å². The number of benzene rings is 2. The Labute approximate surface area is 175 Å². The molecule has 2 heterocycles. The Hall–Kier alpha value is -3.21. The number of rotatable bonds is 3. The standard InChI is InChI=1S/C25H25N3O2/c1-14-19(12-22(29)30)24(28-21(26-14)13-20(27-28)25(2,3)4)18-11-10-16-9-8-15-6-5-7-17(18)23(15)16/h5-7,10-11,13H,8-9,12H2,1-4H3,(H,29,30). The number of carboxylic acid groups (broad SMARTS) is 1. The lowest BCUT2D eigenvalue weighted by Gasteiger charge is -2.16. The molecule has 0 unspecified atom stereocenters. The maximum atomic E-state index is 11.7. The van der Waals surface area contributed by atoms with Crippen LogP contribution >= 0.6 is 0 Å². The summed E-state index contributed by atoms with van der Waals surface area (Å²) >= 11 is 0. The number of carboxylic acids is 1. The van der Waals surface area contributed by atoms with E-state index >= 15 is 0 Å². The summed E-state index contributed by atoms with van der Waals surface area (Å²) in [6.45, 7) is 8.26. The molecule has 0 aliphatic heterocycles. The average Bonchev–Trinajstić information content (AvgIpc) is 3.28. The highest BCUT2D eigenvalue weighted by Crippen LogP contribution is 2.39. The number of aromatic nitrogens is 3. The van der Waals surface area contributed by atoms with Crippen molar-refractivity contribution in [3.05, 3.63) is 64.5 Å². The van der Waals surface area contributed by atoms with Crippen LogP contribution in [0.5, 0.6) is 0 Å². The summed E-state index contributed by atoms with van der Waals surface area (Å²) in [5, 5.41) is 17.0. The lowest BCUT2D eigenvalue weighted by Crippen LogP contribution is -2.13. The highest BCUT2D eigenvalue weighted by molar-refractivity contribution is 6.01. The van der Waals surface area contributed by atoms with Crippen LogP contribution in [0.1, 0.15) is 48.8 Å². The zero-order chi connectivity index (χ0) is 21.2. The number of hydrogen-bond acceptors (Lipinski definition) is 3. The van der Waals surface area contributed by atoms with Crippen LogP contribution in [0.15, 0.2) is 36.4 Å². The van der Waals surface area contributed by atoms with Gasteiger partial charge in [-0.3, -0.25) is 4.79 Å². The molecule has 0 saturated heterocycles. The van der Waals surface area contributed by atoms with Crippen molar-refractivity contribution in [3.8, 4) is 11.3 Å². The molecule has 2 aromatic heterocycles. The topological polar surface area (TPSA) is 67.5 Å². The fourth-order valence-electron chi connectivity index (χ4n) is 4.61. The smallest absolute Gasteiger partial charge is 0.307 e. The Morgan fingerprint density at radius 2 is 1.87 bits per heavy atom. The third-order valence-electron chi connectivity index (χ3n) is 6.14. The van der Waals surface area contributed by atoms with E-state index in [0.717, 1.165) is 52.1 Å². The normalized spacial score (nSPS) is 13.5. The molecular formula is C25H25N3O2. The van der Waals surface area contributed by atoms with Crippen LogP contribution in [-0.4, -0.2) is 25.7 Å². The number of nitrogens with zero attached hydrogens (tertiary/aromatic N) is 3. The van der Waals surface area contributed by atoms with Crippen molar-refractivity contribution in [2.75, 3.05) is 0 Å². The first kappa shape index (κ1) is 18.8. The molecule has 0 radical (unpaired) electrons. The van der Waals surface area contributed by atoms with Crippen molar-refractivity contribution in [3.63, 3.8) is 0 Å². The number of carbonyl (C=O) groups is 1. The van der Waals surface area contributed by atoms with Crippen LogP contribution < -0.4 is 0 Å². The van der Waals surface area contributed by atoms with Crippen LogP contribution in [0.4, 0.5) is 0 Å². The molecule has 0 spiro atoms. The molecule has 0 fully saturated rings. The van der Waals surface area contributed by atoms with E-state index < -0.39 is 5.97 Å². The van der Waals surface area contributed by atoms with Gasteiger partial charge in [-0.25, -0.2) is 9.50 Å². The summed E-state index contributed by atoms with van der Waals surface area (Å²) in [4.78, 5) is 16.4. The second kappa shape index (κ2) is 6.39. The summed E-state index contributed by atoms with van der Waals surface area (Å²) in [6, 6.07) is 12.8. The van der Waals surface area contributed by atoms with Gasteiger partial charge in [0.1, 0.15) is 0 Å². The molecule has 1 N–H and O–H groups in total. The molecule has 5 nitrogen and oxygen atoms in total. The summed E-state index contributed by atoms with van der Waals surface area (Å²) in [5.41, 5.74) is 7.61. The van der Waals surface area contributed by atoms with Gasteiger partial charge in [-0.1, -0.05) is 51.1 Å². The Balaban J connectivity index is 1.91. The molecule has 0 amide bonds. The Morgan fingerprint density at radius 1 is 1.13 bits per heavy atom. The van der Waals surface area contributed by atoms with Gasteiger partial charge in [0.2, 0.25) is 0 Å². The fraction of sp³-hybridized carbons (Fsp3) is 0.320. The quantitative estimate of drug-likeness (QED) is 0.533. The van der Waals surface area contributed by atoms with Crippen molar-refractivity contribution in [1.29, 1.82) is 0 Å². The van der Waals surface area contributed by atoms with Gasteiger partial charge in [-0.15, -0.1) is 0 Å². The van der Waals surface area contributed by atoms with E-state index in [4.69, 9.17) is 10.1 Å². The third kappa shape index (κ3) is 2.80. The van der Waals surface area contributed by atoms with Gasteiger partial charge in [-0.05, 0) is 41.7 Å². The van der Waals surface area contributed by atoms with Crippen molar-refractivity contribution >= 4 is 22.4 Å². The lowest BCUT2D eigenvalue weighted by molar-refractivity contribution is -0.136. The van der Waals surface area contributed by atoms with E-state index in [-0.39, 0.29) is 11.8 Å². The second-order valence-corrected chi connectivity index (χ2v) is 9.26. The number of aliphatic carboxylic acids is 1. The largest absolute Gasteiger partial charge is 0.481 e. The number of aryl methyl sites for hydroxylation is 3. The monoisotopic (exact) mass is 399 g/mol. The molecule has 2 aromatic carbocycles. The van der Waals surface area contributed by atoms with Crippen molar-refractivity contribution < 1.29 is 9.90 Å². The molecule has 152 valence electrons. The van der Waals surface area contributed by atoms with Crippen molar-refractivity contribution in [2.45, 2.75) is 52.4 Å². The summed E-state index contributed by atoms with van der Waals surface area (Å²) in [6.07, 6.45) is 2.02. The van der Waals surface area contributed by atoms with Crippen LogP contribution in [0.2, 0.25) is 0 Å². The highest BCUT2D eigenvalue weighted by Gasteiger charge is 2.25. The Morgan fingerprint density at radius 3 is 2.57 bits per heavy atom. The predicted octanol–water partition coefficient (Wildman–Crippen LogP) is 4.88. The lowest BCUT2D eigenvalue weighted by atomic mass is 9.93. The minimum absolute atomic E-state index is 0.0856. The highest BCUT2D eigenvalue weighted by atomic mass is 16.4. The molecule has 30 heavy (non-hydrogen) atoms. The van der Waals surface area contributed by atoms with Gasteiger partial charge in [0.05, 0.1) is 17.8 Å². The van der Waals surface area contributed by atoms with E-state index in [1.807, 2.05) is 17.5 Å². The Kier molecular flexibility index (Phi) is 4.01. The van der Waals surface area contributed by atoms with E-state index in [2.05, 4.69) is 51.1 Å². The van der Waals surface area contributed by atoms with E-state index in [0.29, 0.717) is 0 Å². The first-order chi connectivity index (χ1) is 14.2.